The van der Waals surface area contributed by atoms with Crippen molar-refractivity contribution in [2.24, 2.45) is 0 Å². The largest absolute Gasteiger partial charge is 0.456 e. The summed E-state index contributed by atoms with van der Waals surface area (Å²) in [6.07, 6.45) is 5.12. The van der Waals surface area contributed by atoms with Crippen molar-refractivity contribution in [1.82, 2.24) is 9.55 Å². The van der Waals surface area contributed by atoms with Crippen LogP contribution in [0.25, 0.3) is 0 Å². The highest BCUT2D eigenvalue weighted by Crippen LogP contribution is 2.20. The first kappa shape index (κ1) is 17.9. The maximum Gasteiger partial charge on any atom is 0.306 e. The maximum atomic E-state index is 11.9. The smallest absolute Gasteiger partial charge is 0.306 e. The number of ketones is 1. The van der Waals surface area contributed by atoms with Gasteiger partial charge in [0.05, 0.1) is 19.3 Å². The molecule has 0 aliphatic heterocycles. The molecule has 0 saturated heterocycles. The van der Waals surface area contributed by atoms with Crippen LogP contribution in [0.3, 0.4) is 0 Å². The highest BCUT2D eigenvalue weighted by molar-refractivity contribution is 5.85. The summed E-state index contributed by atoms with van der Waals surface area (Å²) in [7, 11) is 0. The Bertz CT molecular complexity index is 585. The van der Waals surface area contributed by atoms with Gasteiger partial charge in [0, 0.05) is 18.8 Å². The van der Waals surface area contributed by atoms with Crippen molar-refractivity contribution in [2.75, 3.05) is 0 Å². The number of aromatic nitrogens is 2. The molecule has 0 amide bonds. The molecule has 0 N–H and O–H groups in total. The molecule has 118 valence electrons. The summed E-state index contributed by atoms with van der Waals surface area (Å²) in [5, 5.41) is 0. The summed E-state index contributed by atoms with van der Waals surface area (Å²) in [6.45, 7) is 1.96. The number of imidazole rings is 1. The van der Waals surface area contributed by atoms with Crippen LogP contribution in [0.5, 0.6) is 0 Å². The average molecular weight is 323 g/mol. The molecule has 22 heavy (non-hydrogen) atoms. The van der Waals surface area contributed by atoms with Gasteiger partial charge in [0.15, 0.2) is 0 Å². The molecule has 0 saturated carbocycles. The minimum Gasteiger partial charge on any atom is -0.456 e. The lowest BCUT2D eigenvalue weighted by atomic mass is 10.1. The maximum absolute atomic E-state index is 11.9. The fourth-order valence-electron chi connectivity index (χ4n) is 1.96. The molecule has 1 aromatic carbocycles. The van der Waals surface area contributed by atoms with Crippen LogP contribution in [0.4, 0.5) is 0 Å². The summed E-state index contributed by atoms with van der Waals surface area (Å²) in [4.78, 5) is 26.8. The fourth-order valence-corrected chi connectivity index (χ4v) is 1.96. The van der Waals surface area contributed by atoms with Gasteiger partial charge in [-0.25, -0.2) is 4.98 Å². The molecule has 0 aliphatic carbocycles. The van der Waals surface area contributed by atoms with Gasteiger partial charge in [-0.15, -0.1) is 12.4 Å². The summed E-state index contributed by atoms with van der Waals surface area (Å²) in [6, 6.07) is 9.55. The lowest BCUT2D eigenvalue weighted by molar-refractivity contribution is -0.151. The van der Waals surface area contributed by atoms with E-state index in [0.717, 1.165) is 5.56 Å². The Kier molecular flexibility index (Phi) is 7.32. The van der Waals surface area contributed by atoms with Crippen LogP contribution in [-0.4, -0.2) is 21.3 Å². The quantitative estimate of drug-likeness (QED) is 0.735. The number of Topliss-reactive ketones (excluding diaryl/α,β-unsaturated/α-hetero) is 1. The van der Waals surface area contributed by atoms with E-state index in [4.69, 9.17) is 4.74 Å². The number of rotatable bonds is 7. The highest BCUT2D eigenvalue weighted by atomic mass is 35.5. The molecule has 0 fully saturated rings. The zero-order valence-corrected chi connectivity index (χ0v) is 13.2. The van der Waals surface area contributed by atoms with Crippen LogP contribution in [0.1, 0.15) is 31.4 Å². The van der Waals surface area contributed by atoms with E-state index in [1.54, 1.807) is 12.5 Å². The SMILES string of the molecule is CC(=O)CCC(=O)OC(Cn1ccnc1)c1ccccc1.Cl. The number of nitrogens with zero attached hydrogens (tertiary/aromatic N) is 2. The van der Waals surface area contributed by atoms with Crippen LogP contribution in [-0.2, 0) is 20.9 Å². The third kappa shape index (κ3) is 5.69. The van der Waals surface area contributed by atoms with E-state index in [-0.39, 0.29) is 43.1 Å². The Balaban J connectivity index is 0.00000242. The molecule has 1 aromatic heterocycles. The Morgan fingerprint density at radius 1 is 1.23 bits per heavy atom. The molecule has 1 unspecified atom stereocenters. The number of esters is 1. The molecule has 1 atom stereocenters. The molecule has 1 heterocycles. The van der Waals surface area contributed by atoms with Gasteiger partial charge in [-0.3, -0.25) is 4.79 Å². The molecule has 2 aromatic rings. The number of carbonyl (C=O) groups excluding carboxylic acids is 2. The van der Waals surface area contributed by atoms with Crippen molar-refractivity contribution < 1.29 is 14.3 Å². The van der Waals surface area contributed by atoms with Crippen molar-refractivity contribution in [2.45, 2.75) is 32.4 Å². The van der Waals surface area contributed by atoms with E-state index in [0.29, 0.717) is 6.54 Å². The predicted molar refractivity (Wildman–Crippen MR) is 84.7 cm³/mol. The number of ether oxygens (including phenoxy) is 1. The second-order valence-corrected chi connectivity index (χ2v) is 4.85. The molecule has 0 aliphatic rings. The average Bonchev–Trinajstić information content (AvgIpc) is 2.98. The lowest BCUT2D eigenvalue weighted by Gasteiger charge is -2.18. The van der Waals surface area contributed by atoms with Gasteiger partial charge in [-0.2, -0.15) is 0 Å². The number of hydrogen-bond donors (Lipinski definition) is 0. The van der Waals surface area contributed by atoms with Crippen LogP contribution in [0.15, 0.2) is 49.1 Å². The first-order chi connectivity index (χ1) is 10.1. The van der Waals surface area contributed by atoms with Gasteiger partial charge >= 0.3 is 5.97 Å². The van der Waals surface area contributed by atoms with E-state index in [1.807, 2.05) is 41.1 Å². The van der Waals surface area contributed by atoms with Crippen molar-refractivity contribution in [3.8, 4) is 0 Å². The minimum absolute atomic E-state index is 0. The first-order valence-corrected chi connectivity index (χ1v) is 6.85. The van der Waals surface area contributed by atoms with E-state index in [2.05, 4.69) is 4.98 Å². The van der Waals surface area contributed by atoms with Crippen LogP contribution in [0.2, 0.25) is 0 Å². The molecule has 0 radical (unpaired) electrons. The minimum atomic E-state index is -0.389. The van der Waals surface area contributed by atoms with Gasteiger partial charge in [0.1, 0.15) is 11.9 Å². The van der Waals surface area contributed by atoms with E-state index in [1.165, 1.54) is 6.92 Å². The summed E-state index contributed by atoms with van der Waals surface area (Å²) < 4.78 is 7.38. The molecular formula is C16H19ClN2O3. The lowest BCUT2D eigenvalue weighted by Crippen LogP contribution is -2.17. The molecule has 0 spiro atoms. The summed E-state index contributed by atoms with van der Waals surface area (Å²) in [5.74, 6) is -0.378. The Hall–Kier alpha value is -2.14. The molecule has 0 bridgehead atoms. The third-order valence-electron chi connectivity index (χ3n) is 3.06. The third-order valence-corrected chi connectivity index (χ3v) is 3.06. The number of hydrogen-bond acceptors (Lipinski definition) is 4. The molecule has 6 heteroatoms. The fraction of sp³-hybridized carbons (Fsp3) is 0.312. The van der Waals surface area contributed by atoms with Gasteiger partial charge in [0.25, 0.3) is 0 Å². The van der Waals surface area contributed by atoms with Crippen LogP contribution >= 0.6 is 12.4 Å². The Morgan fingerprint density at radius 2 is 1.95 bits per heavy atom. The first-order valence-electron chi connectivity index (χ1n) is 6.85. The normalized spacial score (nSPS) is 11.3. The van der Waals surface area contributed by atoms with Crippen molar-refractivity contribution in [1.29, 1.82) is 0 Å². The summed E-state index contributed by atoms with van der Waals surface area (Å²) in [5.41, 5.74) is 0.919. The number of benzene rings is 1. The number of halogens is 1. The van der Waals surface area contributed by atoms with Crippen molar-refractivity contribution in [3.63, 3.8) is 0 Å². The Morgan fingerprint density at radius 3 is 2.55 bits per heavy atom. The Labute approximate surface area is 135 Å². The van der Waals surface area contributed by atoms with Crippen molar-refractivity contribution >= 4 is 24.2 Å². The zero-order chi connectivity index (χ0) is 15.1. The van der Waals surface area contributed by atoms with Crippen LogP contribution in [0, 0.1) is 0 Å². The summed E-state index contributed by atoms with van der Waals surface area (Å²) >= 11 is 0. The standard InChI is InChI=1S/C16H18N2O3.ClH/c1-13(19)7-8-16(20)21-15(11-18-10-9-17-12-18)14-5-3-2-4-6-14;/h2-6,9-10,12,15H,7-8,11H2,1H3;1H. The van der Waals surface area contributed by atoms with Gasteiger partial charge in [-0.05, 0) is 12.5 Å². The number of carbonyl (C=O) groups is 2. The van der Waals surface area contributed by atoms with Gasteiger partial charge in [-0.1, -0.05) is 30.3 Å². The highest BCUT2D eigenvalue weighted by Gasteiger charge is 2.17. The van der Waals surface area contributed by atoms with E-state index >= 15 is 0 Å². The second kappa shape index (κ2) is 9.00. The van der Waals surface area contributed by atoms with Gasteiger partial charge < -0.3 is 14.1 Å². The molecule has 2 rings (SSSR count). The molecular weight excluding hydrogens is 304 g/mol. The van der Waals surface area contributed by atoms with Gasteiger partial charge in [0.2, 0.25) is 0 Å². The van der Waals surface area contributed by atoms with Crippen LogP contribution < -0.4 is 0 Å². The van der Waals surface area contributed by atoms with E-state index in [9.17, 15) is 9.59 Å². The topological polar surface area (TPSA) is 61.2 Å². The molecule has 5 nitrogen and oxygen atoms in total. The van der Waals surface area contributed by atoms with E-state index < -0.39 is 0 Å². The second-order valence-electron chi connectivity index (χ2n) is 4.85. The monoisotopic (exact) mass is 322 g/mol. The van der Waals surface area contributed by atoms with Crippen molar-refractivity contribution in [3.05, 3.63) is 54.6 Å². The zero-order valence-electron chi connectivity index (χ0n) is 12.3. The predicted octanol–water partition coefficient (Wildman–Crippen LogP) is 2.96.